The summed E-state index contributed by atoms with van der Waals surface area (Å²) in [5, 5.41) is 0. The quantitative estimate of drug-likeness (QED) is 0.501. The van der Waals surface area contributed by atoms with Gasteiger partial charge in [0.25, 0.3) is 0 Å². The topological polar surface area (TPSA) is 0 Å². The third-order valence-electron chi connectivity index (χ3n) is 8.27. The molecule has 0 nitrogen and oxygen atoms in total. The zero-order chi connectivity index (χ0) is 14.1. The van der Waals surface area contributed by atoms with Gasteiger partial charge in [-0.25, -0.2) is 0 Å². The van der Waals surface area contributed by atoms with Crippen LogP contribution in [0.25, 0.3) is 0 Å². The number of rotatable bonds is 1. The van der Waals surface area contributed by atoms with E-state index in [0.29, 0.717) is 0 Å². The van der Waals surface area contributed by atoms with Gasteiger partial charge in [-0.3, -0.25) is 0 Å². The normalized spacial score (nSPS) is 48.0. The molecule has 0 spiro atoms. The summed E-state index contributed by atoms with van der Waals surface area (Å²) in [6, 6.07) is 0. The predicted octanol–water partition coefficient (Wildman–Crippen LogP) is 6.73. The third kappa shape index (κ3) is 2.59. The molecule has 21 heavy (non-hydrogen) atoms. The summed E-state index contributed by atoms with van der Waals surface area (Å²) in [4.78, 5) is 0. The molecule has 0 aromatic heterocycles. The second-order valence-electron chi connectivity index (χ2n) is 9.02. The molecule has 120 valence electrons. The van der Waals surface area contributed by atoms with Crippen molar-refractivity contribution in [1.29, 1.82) is 0 Å². The zero-order valence-corrected chi connectivity index (χ0v) is 14.1. The van der Waals surface area contributed by atoms with E-state index in [2.05, 4.69) is 0 Å². The first-order valence-corrected chi connectivity index (χ1v) is 10.4. The van der Waals surface area contributed by atoms with Gasteiger partial charge < -0.3 is 0 Å². The molecule has 5 atom stereocenters. The monoisotopic (exact) mass is 288 g/mol. The molecule has 0 bridgehead atoms. The molecule has 4 rings (SSSR count). The molecule has 4 aliphatic carbocycles. The van der Waals surface area contributed by atoms with E-state index < -0.39 is 0 Å². The highest BCUT2D eigenvalue weighted by Gasteiger charge is 2.51. The first-order valence-electron chi connectivity index (χ1n) is 10.4. The minimum absolute atomic E-state index is 0.815. The maximum absolute atomic E-state index is 1.62. The Balaban J connectivity index is 1.63. The lowest BCUT2D eigenvalue weighted by atomic mass is 9.49. The fraction of sp³-hybridized carbons (Fsp3) is 1.00. The highest BCUT2D eigenvalue weighted by molar-refractivity contribution is 5.01. The zero-order valence-electron chi connectivity index (χ0n) is 14.1. The SMILES string of the molecule is C1CCC2CCCCC2(C2CCCC3CCCCC32)CC1. The van der Waals surface area contributed by atoms with E-state index in [9.17, 15) is 0 Å². The first-order chi connectivity index (χ1) is 10.4. The van der Waals surface area contributed by atoms with Crippen LogP contribution >= 0.6 is 0 Å². The smallest absolute Gasteiger partial charge is 0.0238 e. The Bertz CT molecular complexity index is 344. The van der Waals surface area contributed by atoms with E-state index in [1.165, 1.54) is 0 Å². The van der Waals surface area contributed by atoms with Gasteiger partial charge in [-0.1, -0.05) is 64.2 Å². The van der Waals surface area contributed by atoms with Crippen LogP contribution in [0, 0.1) is 29.1 Å². The fourth-order valence-electron chi connectivity index (χ4n) is 7.44. The summed E-state index contributed by atoms with van der Waals surface area (Å²) < 4.78 is 0. The van der Waals surface area contributed by atoms with Crippen LogP contribution in [0.4, 0.5) is 0 Å². The van der Waals surface area contributed by atoms with Crippen LogP contribution in [-0.2, 0) is 0 Å². The number of hydrogen-bond donors (Lipinski definition) is 0. The van der Waals surface area contributed by atoms with Crippen LogP contribution in [0.15, 0.2) is 0 Å². The summed E-state index contributed by atoms with van der Waals surface area (Å²) in [5.41, 5.74) is 0.815. The molecule has 4 aliphatic rings. The van der Waals surface area contributed by atoms with E-state index in [1.807, 2.05) is 0 Å². The fourth-order valence-corrected chi connectivity index (χ4v) is 7.44. The van der Waals surface area contributed by atoms with Crippen molar-refractivity contribution < 1.29 is 0 Å². The van der Waals surface area contributed by atoms with E-state index in [0.717, 1.165) is 29.1 Å². The van der Waals surface area contributed by atoms with Gasteiger partial charge in [0.15, 0.2) is 0 Å². The molecule has 0 aromatic rings. The van der Waals surface area contributed by atoms with Gasteiger partial charge in [-0.15, -0.1) is 0 Å². The van der Waals surface area contributed by atoms with Crippen molar-refractivity contribution in [1.82, 2.24) is 0 Å². The van der Waals surface area contributed by atoms with E-state index >= 15 is 0 Å². The molecular weight excluding hydrogens is 252 g/mol. The predicted molar refractivity (Wildman–Crippen MR) is 90.3 cm³/mol. The molecule has 4 fully saturated rings. The lowest BCUT2D eigenvalue weighted by Gasteiger charge is -2.56. The average molecular weight is 289 g/mol. The standard InChI is InChI=1S/C21H36/c1-2-11-18-12-5-7-16-21(18,15-6-1)20-14-8-10-17-9-3-4-13-19(17)20/h17-20H,1-16H2. The summed E-state index contributed by atoms with van der Waals surface area (Å²) >= 11 is 0. The van der Waals surface area contributed by atoms with Crippen LogP contribution in [0.2, 0.25) is 0 Å². The number of fused-ring (bicyclic) bond motifs is 2. The van der Waals surface area contributed by atoms with Gasteiger partial charge in [0.05, 0.1) is 0 Å². The highest BCUT2D eigenvalue weighted by atomic mass is 14.6. The van der Waals surface area contributed by atoms with Crippen LogP contribution in [0.5, 0.6) is 0 Å². The molecule has 0 aromatic carbocycles. The van der Waals surface area contributed by atoms with E-state index in [-0.39, 0.29) is 0 Å². The summed E-state index contributed by atoms with van der Waals surface area (Å²) in [6.07, 6.45) is 25.2. The Morgan fingerprint density at radius 2 is 1.19 bits per heavy atom. The molecule has 0 heteroatoms. The van der Waals surface area contributed by atoms with Crippen molar-refractivity contribution in [3.8, 4) is 0 Å². The molecular formula is C21H36. The third-order valence-corrected chi connectivity index (χ3v) is 8.27. The highest BCUT2D eigenvalue weighted by Crippen LogP contribution is 2.61. The first kappa shape index (κ1) is 14.6. The Morgan fingerprint density at radius 3 is 2.10 bits per heavy atom. The Morgan fingerprint density at radius 1 is 0.524 bits per heavy atom. The summed E-state index contributed by atoms with van der Waals surface area (Å²) in [5.74, 6) is 4.54. The van der Waals surface area contributed by atoms with Crippen molar-refractivity contribution in [2.45, 2.75) is 103 Å². The molecule has 0 aliphatic heterocycles. The van der Waals surface area contributed by atoms with Gasteiger partial charge in [0.2, 0.25) is 0 Å². The van der Waals surface area contributed by atoms with Crippen molar-refractivity contribution in [3.63, 3.8) is 0 Å². The maximum Gasteiger partial charge on any atom is -0.0238 e. The molecule has 0 heterocycles. The van der Waals surface area contributed by atoms with Gasteiger partial charge in [-0.2, -0.15) is 0 Å². The number of hydrogen-bond acceptors (Lipinski definition) is 0. The van der Waals surface area contributed by atoms with Gasteiger partial charge >= 0.3 is 0 Å². The maximum atomic E-state index is 1.62. The lowest BCUT2D eigenvalue weighted by molar-refractivity contribution is -0.0605. The van der Waals surface area contributed by atoms with Crippen LogP contribution in [-0.4, -0.2) is 0 Å². The van der Waals surface area contributed by atoms with E-state index in [1.54, 1.807) is 103 Å². The van der Waals surface area contributed by atoms with Crippen LogP contribution in [0.3, 0.4) is 0 Å². The average Bonchev–Trinajstić information content (AvgIpc) is 2.77. The molecule has 0 amide bonds. The molecule has 0 saturated heterocycles. The Labute approximate surface area is 132 Å². The van der Waals surface area contributed by atoms with Gasteiger partial charge in [-0.05, 0) is 67.6 Å². The van der Waals surface area contributed by atoms with Crippen molar-refractivity contribution in [2.24, 2.45) is 29.1 Å². The molecule has 0 radical (unpaired) electrons. The summed E-state index contributed by atoms with van der Waals surface area (Å²) in [6.45, 7) is 0. The van der Waals surface area contributed by atoms with Gasteiger partial charge in [0, 0.05) is 0 Å². The van der Waals surface area contributed by atoms with Crippen LogP contribution in [0.1, 0.15) is 103 Å². The summed E-state index contributed by atoms with van der Waals surface area (Å²) in [7, 11) is 0. The molecule has 5 unspecified atom stereocenters. The van der Waals surface area contributed by atoms with Crippen molar-refractivity contribution >= 4 is 0 Å². The Hall–Kier alpha value is 0. The molecule has 4 saturated carbocycles. The van der Waals surface area contributed by atoms with Crippen LogP contribution < -0.4 is 0 Å². The second-order valence-corrected chi connectivity index (χ2v) is 9.02. The van der Waals surface area contributed by atoms with E-state index in [4.69, 9.17) is 0 Å². The van der Waals surface area contributed by atoms with Gasteiger partial charge in [0.1, 0.15) is 0 Å². The minimum atomic E-state index is 0.815. The van der Waals surface area contributed by atoms with Crippen molar-refractivity contribution in [3.05, 3.63) is 0 Å². The minimum Gasteiger partial charge on any atom is -0.0533 e. The second kappa shape index (κ2) is 6.25. The molecule has 0 N–H and O–H groups in total. The largest absolute Gasteiger partial charge is 0.0533 e. The Kier molecular flexibility index (Phi) is 4.34. The van der Waals surface area contributed by atoms with Crippen molar-refractivity contribution in [2.75, 3.05) is 0 Å². The lowest BCUT2D eigenvalue weighted by Crippen LogP contribution is -2.47.